The van der Waals surface area contributed by atoms with Gasteiger partial charge in [-0.15, -0.1) is 11.8 Å². The highest BCUT2D eigenvalue weighted by Gasteiger charge is 2.28. The van der Waals surface area contributed by atoms with E-state index in [0.29, 0.717) is 6.54 Å². The third-order valence-corrected chi connectivity index (χ3v) is 4.60. The standard InChI is InChI=1S/C16H21N3O3S/c1-2-8-17-14(20)7-9-18-15(21)10-13-16(22)19-11-5-3-4-6-12(11)23-13/h3-6,13H,2,7-10H2,1H3,(H,17,20)(H,18,21)(H,19,22). The molecule has 2 rings (SSSR count). The van der Waals surface area contributed by atoms with Crippen molar-refractivity contribution in [2.45, 2.75) is 36.3 Å². The lowest BCUT2D eigenvalue weighted by Gasteiger charge is -2.23. The van der Waals surface area contributed by atoms with Crippen molar-refractivity contribution < 1.29 is 14.4 Å². The number of fused-ring (bicyclic) bond motifs is 1. The zero-order valence-corrected chi connectivity index (χ0v) is 13.9. The van der Waals surface area contributed by atoms with E-state index in [1.165, 1.54) is 11.8 Å². The minimum Gasteiger partial charge on any atom is -0.356 e. The van der Waals surface area contributed by atoms with E-state index in [1.807, 2.05) is 31.2 Å². The molecule has 0 bridgehead atoms. The number of anilines is 1. The smallest absolute Gasteiger partial charge is 0.238 e. The van der Waals surface area contributed by atoms with Gasteiger partial charge in [0.25, 0.3) is 0 Å². The molecule has 0 fully saturated rings. The minimum atomic E-state index is -0.446. The molecule has 0 spiro atoms. The van der Waals surface area contributed by atoms with E-state index in [0.717, 1.165) is 17.0 Å². The zero-order chi connectivity index (χ0) is 16.7. The van der Waals surface area contributed by atoms with Crippen molar-refractivity contribution >= 4 is 35.2 Å². The molecule has 1 aliphatic heterocycles. The lowest BCUT2D eigenvalue weighted by molar-refractivity contribution is -0.124. The van der Waals surface area contributed by atoms with Crippen LogP contribution in [0.4, 0.5) is 5.69 Å². The Bertz CT molecular complexity index is 592. The maximum atomic E-state index is 12.0. The van der Waals surface area contributed by atoms with Crippen LogP contribution in [0.2, 0.25) is 0 Å². The van der Waals surface area contributed by atoms with Crippen LogP contribution in [0.3, 0.4) is 0 Å². The summed E-state index contributed by atoms with van der Waals surface area (Å²) in [6.45, 7) is 2.90. The summed E-state index contributed by atoms with van der Waals surface area (Å²) < 4.78 is 0. The van der Waals surface area contributed by atoms with Gasteiger partial charge in [-0.25, -0.2) is 0 Å². The van der Waals surface area contributed by atoms with Crippen LogP contribution in [0.5, 0.6) is 0 Å². The fraction of sp³-hybridized carbons (Fsp3) is 0.438. The molecule has 6 nitrogen and oxygen atoms in total. The molecule has 1 heterocycles. The van der Waals surface area contributed by atoms with Crippen molar-refractivity contribution in [2.75, 3.05) is 18.4 Å². The van der Waals surface area contributed by atoms with Crippen LogP contribution in [-0.2, 0) is 14.4 Å². The average molecular weight is 335 g/mol. The minimum absolute atomic E-state index is 0.0779. The first kappa shape index (κ1) is 17.3. The van der Waals surface area contributed by atoms with Crippen molar-refractivity contribution in [3.63, 3.8) is 0 Å². The molecule has 0 saturated carbocycles. The molecule has 1 aliphatic rings. The summed E-state index contributed by atoms with van der Waals surface area (Å²) in [5, 5.41) is 7.80. The Hall–Kier alpha value is -2.02. The second-order valence-corrected chi connectivity index (χ2v) is 6.49. The predicted octanol–water partition coefficient (Wildman–Crippen LogP) is 1.52. The summed E-state index contributed by atoms with van der Waals surface area (Å²) in [4.78, 5) is 36.3. The third-order valence-electron chi connectivity index (χ3n) is 3.32. The molecule has 7 heteroatoms. The van der Waals surface area contributed by atoms with Crippen LogP contribution in [-0.4, -0.2) is 36.1 Å². The van der Waals surface area contributed by atoms with Gasteiger partial charge in [0.1, 0.15) is 0 Å². The predicted molar refractivity (Wildman–Crippen MR) is 90.3 cm³/mol. The monoisotopic (exact) mass is 335 g/mol. The normalized spacial score (nSPS) is 16.2. The van der Waals surface area contributed by atoms with Gasteiger partial charge in [0.05, 0.1) is 10.9 Å². The number of para-hydroxylation sites is 1. The van der Waals surface area contributed by atoms with Crippen molar-refractivity contribution in [3.8, 4) is 0 Å². The topological polar surface area (TPSA) is 87.3 Å². The van der Waals surface area contributed by atoms with Crippen LogP contribution in [0, 0.1) is 0 Å². The molecule has 1 aromatic carbocycles. The van der Waals surface area contributed by atoms with Gasteiger partial charge in [-0.2, -0.15) is 0 Å². The van der Waals surface area contributed by atoms with Gasteiger partial charge in [0, 0.05) is 30.8 Å². The maximum absolute atomic E-state index is 12.0. The van der Waals surface area contributed by atoms with Gasteiger partial charge in [0.2, 0.25) is 17.7 Å². The fourth-order valence-electron chi connectivity index (χ4n) is 2.14. The van der Waals surface area contributed by atoms with Crippen LogP contribution in [0.15, 0.2) is 29.2 Å². The number of benzene rings is 1. The quantitative estimate of drug-likeness (QED) is 0.705. The van der Waals surface area contributed by atoms with E-state index in [1.54, 1.807) is 0 Å². The number of thioether (sulfide) groups is 1. The summed E-state index contributed by atoms with van der Waals surface area (Å²) in [5.74, 6) is -0.462. The second kappa shape index (κ2) is 8.57. The number of carbonyl (C=O) groups is 3. The Balaban J connectivity index is 1.75. The number of rotatable bonds is 7. The van der Waals surface area contributed by atoms with Gasteiger partial charge >= 0.3 is 0 Å². The van der Waals surface area contributed by atoms with Gasteiger partial charge < -0.3 is 16.0 Å². The largest absolute Gasteiger partial charge is 0.356 e. The molecule has 3 amide bonds. The van der Waals surface area contributed by atoms with Crippen molar-refractivity contribution in [1.29, 1.82) is 0 Å². The highest BCUT2D eigenvalue weighted by molar-refractivity contribution is 8.01. The molecule has 1 unspecified atom stereocenters. The van der Waals surface area contributed by atoms with E-state index in [4.69, 9.17) is 0 Å². The molecule has 0 aliphatic carbocycles. The molecule has 1 atom stereocenters. The molecule has 23 heavy (non-hydrogen) atoms. The lowest BCUT2D eigenvalue weighted by atomic mass is 10.2. The lowest BCUT2D eigenvalue weighted by Crippen LogP contribution is -2.36. The highest BCUT2D eigenvalue weighted by Crippen LogP contribution is 2.36. The van der Waals surface area contributed by atoms with Gasteiger partial charge in [-0.3, -0.25) is 14.4 Å². The number of carbonyl (C=O) groups excluding carboxylic acids is 3. The first-order chi connectivity index (χ1) is 11.1. The van der Waals surface area contributed by atoms with Crippen LogP contribution in [0.25, 0.3) is 0 Å². The highest BCUT2D eigenvalue weighted by atomic mass is 32.2. The van der Waals surface area contributed by atoms with E-state index >= 15 is 0 Å². The number of amides is 3. The molecular weight excluding hydrogens is 314 g/mol. The summed E-state index contributed by atoms with van der Waals surface area (Å²) >= 11 is 1.39. The van der Waals surface area contributed by atoms with E-state index < -0.39 is 5.25 Å². The van der Waals surface area contributed by atoms with E-state index in [9.17, 15) is 14.4 Å². The Morgan fingerprint density at radius 3 is 2.70 bits per heavy atom. The molecule has 0 radical (unpaired) electrons. The Kier molecular flexibility index (Phi) is 6.46. The second-order valence-electron chi connectivity index (χ2n) is 5.25. The fourth-order valence-corrected chi connectivity index (χ4v) is 3.25. The first-order valence-corrected chi connectivity index (χ1v) is 8.58. The number of hydrogen-bond acceptors (Lipinski definition) is 4. The summed E-state index contributed by atoms with van der Waals surface area (Å²) in [7, 11) is 0. The molecule has 1 aromatic rings. The van der Waals surface area contributed by atoms with Gasteiger partial charge in [0.15, 0.2) is 0 Å². The number of nitrogens with one attached hydrogen (secondary N) is 3. The van der Waals surface area contributed by atoms with Crippen LogP contribution < -0.4 is 16.0 Å². The Morgan fingerprint density at radius 1 is 1.17 bits per heavy atom. The zero-order valence-electron chi connectivity index (χ0n) is 13.1. The SMILES string of the molecule is CCCNC(=O)CCNC(=O)CC1Sc2ccccc2NC1=O. The Morgan fingerprint density at radius 2 is 1.91 bits per heavy atom. The average Bonchev–Trinajstić information content (AvgIpc) is 2.53. The van der Waals surface area contributed by atoms with Crippen LogP contribution in [0.1, 0.15) is 26.2 Å². The number of hydrogen-bond donors (Lipinski definition) is 3. The van der Waals surface area contributed by atoms with Crippen LogP contribution >= 0.6 is 11.8 Å². The molecule has 3 N–H and O–H groups in total. The summed E-state index contributed by atoms with van der Waals surface area (Å²) in [6, 6.07) is 7.51. The Labute approximate surface area is 139 Å². The van der Waals surface area contributed by atoms with E-state index in [2.05, 4.69) is 16.0 Å². The third kappa shape index (κ3) is 5.28. The molecular formula is C16H21N3O3S. The van der Waals surface area contributed by atoms with Crippen molar-refractivity contribution in [3.05, 3.63) is 24.3 Å². The molecule has 0 saturated heterocycles. The van der Waals surface area contributed by atoms with E-state index in [-0.39, 0.29) is 37.1 Å². The summed E-state index contributed by atoms with van der Waals surface area (Å²) in [5.41, 5.74) is 0.784. The van der Waals surface area contributed by atoms with Gasteiger partial charge in [-0.1, -0.05) is 19.1 Å². The maximum Gasteiger partial charge on any atom is 0.238 e. The summed E-state index contributed by atoms with van der Waals surface area (Å²) in [6.07, 6.45) is 1.23. The molecule has 124 valence electrons. The first-order valence-electron chi connectivity index (χ1n) is 7.70. The van der Waals surface area contributed by atoms with Gasteiger partial charge in [-0.05, 0) is 18.6 Å². The molecule has 0 aromatic heterocycles. The van der Waals surface area contributed by atoms with Crippen molar-refractivity contribution in [2.24, 2.45) is 0 Å². The van der Waals surface area contributed by atoms with Crippen molar-refractivity contribution in [1.82, 2.24) is 10.6 Å².